The van der Waals surface area contributed by atoms with E-state index in [0.717, 1.165) is 22.0 Å². The Labute approximate surface area is 161 Å². The summed E-state index contributed by atoms with van der Waals surface area (Å²) in [5, 5.41) is 5.07. The van der Waals surface area contributed by atoms with Gasteiger partial charge in [-0.1, -0.05) is 30.3 Å². The lowest BCUT2D eigenvalue weighted by Gasteiger charge is -2.05. The Morgan fingerprint density at radius 1 is 1.14 bits per heavy atom. The number of para-hydroxylation sites is 1. The number of hydrazone groups is 1. The van der Waals surface area contributed by atoms with E-state index >= 15 is 0 Å². The molecule has 28 heavy (non-hydrogen) atoms. The van der Waals surface area contributed by atoms with Crippen LogP contribution in [0.1, 0.15) is 27.4 Å². The van der Waals surface area contributed by atoms with Crippen molar-refractivity contribution in [3.63, 3.8) is 0 Å². The fraction of sp³-hybridized carbons (Fsp3) is 0.0909. The maximum Gasteiger partial charge on any atom is 0.307 e. The van der Waals surface area contributed by atoms with Gasteiger partial charge < -0.3 is 8.98 Å². The third kappa shape index (κ3) is 3.71. The second-order valence-corrected chi connectivity index (χ2v) is 6.47. The molecule has 0 fully saturated rings. The first-order valence-corrected chi connectivity index (χ1v) is 8.82. The normalized spacial score (nSPS) is 11.4. The smallest absolute Gasteiger partial charge is 0.307 e. The molecule has 1 amide bonds. The van der Waals surface area contributed by atoms with E-state index in [-0.39, 0.29) is 11.6 Å². The molecule has 0 unspecified atom stereocenters. The molecule has 0 aliphatic carbocycles. The zero-order chi connectivity index (χ0) is 19.5. The third-order valence-corrected chi connectivity index (χ3v) is 4.42. The fourth-order valence-electron chi connectivity index (χ4n) is 3.07. The molecule has 0 spiro atoms. The molecule has 0 saturated heterocycles. The highest BCUT2D eigenvalue weighted by atomic mass is 19.1. The Bertz CT molecular complexity index is 1160. The Kier molecular flexibility index (Phi) is 4.76. The lowest BCUT2D eigenvalue weighted by atomic mass is 10.2. The number of furan rings is 1. The number of fused-ring (bicyclic) bond motifs is 1. The van der Waals surface area contributed by atoms with Crippen LogP contribution in [0.15, 0.2) is 76.4 Å². The number of hydrogen-bond donors (Lipinski definition) is 1. The van der Waals surface area contributed by atoms with Gasteiger partial charge in [-0.25, -0.2) is 9.82 Å². The summed E-state index contributed by atoms with van der Waals surface area (Å²) in [7, 11) is 0. The van der Waals surface area contributed by atoms with Crippen molar-refractivity contribution in [3.8, 4) is 0 Å². The number of aromatic nitrogens is 1. The molecule has 0 bridgehead atoms. The highest BCUT2D eigenvalue weighted by molar-refractivity contribution is 6.00. The molecule has 140 valence electrons. The zero-order valence-electron chi connectivity index (χ0n) is 15.2. The van der Waals surface area contributed by atoms with Crippen molar-refractivity contribution < 1.29 is 13.6 Å². The Hall–Kier alpha value is -3.67. The first-order chi connectivity index (χ1) is 13.6. The predicted molar refractivity (Wildman–Crippen MR) is 106 cm³/mol. The molecule has 4 rings (SSSR count). The number of halogens is 1. The number of aryl methyl sites for hydroxylation is 1. The van der Waals surface area contributed by atoms with Gasteiger partial charge in [-0.3, -0.25) is 4.79 Å². The number of nitrogens with zero attached hydrogens (tertiary/aromatic N) is 2. The molecule has 2 heterocycles. The Balaban J connectivity index is 1.57. The molecule has 0 atom stereocenters. The summed E-state index contributed by atoms with van der Waals surface area (Å²) in [5.41, 5.74) is 5.37. The number of benzene rings is 2. The van der Waals surface area contributed by atoms with Crippen LogP contribution in [0.3, 0.4) is 0 Å². The fourth-order valence-corrected chi connectivity index (χ4v) is 3.07. The lowest BCUT2D eigenvalue weighted by Crippen LogP contribution is -2.16. The van der Waals surface area contributed by atoms with Gasteiger partial charge in [0.05, 0.1) is 6.21 Å². The van der Waals surface area contributed by atoms with E-state index in [1.54, 1.807) is 37.4 Å². The van der Waals surface area contributed by atoms with E-state index in [1.165, 1.54) is 12.1 Å². The topological polar surface area (TPSA) is 59.5 Å². The monoisotopic (exact) mass is 375 g/mol. The van der Waals surface area contributed by atoms with Gasteiger partial charge in [0, 0.05) is 29.2 Å². The molecule has 1 N–H and O–H groups in total. The number of nitrogens with one attached hydrogen (secondary N) is 1. The van der Waals surface area contributed by atoms with Gasteiger partial charge in [0.25, 0.3) is 0 Å². The van der Waals surface area contributed by atoms with E-state index < -0.39 is 5.91 Å². The van der Waals surface area contributed by atoms with Crippen LogP contribution >= 0.6 is 0 Å². The summed E-state index contributed by atoms with van der Waals surface area (Å²) in [6.07, 6.45) is 3.57. The molecule has 0 saturated carbocycles. The van der Waals surface area contributed by atoms with Crippen molar-refractivity contribution >= 4 is 23.0 Å². The van der Waals surface area contributed by atoms with Gasteiger partial charge in [0.1, 0.15) is 11.6 Å². The number of rotatable bonds is 5. The molecule has 0 aliphatic heterocycles. The van der Waals surface area contributed by atoms with E-state index in [9.17, 15) is 9.18 Å². The summed E-state index contributed by atoms with van der Waals surface area (Å²) >= 11 is 0. The number of amides is 1. The highest BCUT2D eigenvalue weighted by Crippen LogP contribution is 2.21. The van der Waals surface area contributed by atoms with Gasteiger partial charge in [0.15, 0.2) is 5.76 Å². The van der Waals surface area contributed by atoms with Crippen LogP contribution in [0.5, 0.6) is 0 Å². The van der Waals surface area contributed by atoms with Crippen molar-refractivity contribution in [1.29, 1.82) is 0 Å². The number of carbonyl (C=O) groups is 1. The van der Waals surface area contributed by atoms with Crippen LogP contribution in [0.4, 0.5) is 4.39 Å². The van der Waals surface area contributed by atoms with Crippen LogP contribution in [-0.4, -0.2) is 16.7 Å². The van der Waals surface area contributed by atoms with Crippen LogP contribution in [0, 0.1) is 12.7 Å². The van der Waals surface area contributed by atoms with Crippen LogP contribution < -0.4 is 5.43 Å². The molecule has 2 aromatic carbocycles. The number of hydrogen-bond acceptors (Lipinski definition) is 3. The minimum Gasteiger partial charge on any atom is -0.456 e. The summed E-state index contributed by atoms with van der Waals surface area (Å²) in [5.74, 6) is 0.224. The quantitative estimate of drug-likeness (QED) is 0.413. The molecule has 5 nitrogen and oxygen atoms in total. The molecule has 6 heteroatoms. The largest absolute Gasteiger partial charge is 0.456 e. The van der Waals surface area contributed by atoms with Crippen LogP contribution in [0.2, 0.25) is 0 Å². The second kappa shape index (κ2) is 7.52. The maximum atomic E-state index is 13.1. The second-order valence-electron chi connectivity index (χ2n) is 6.47. The molecule has 2 aromatic heterocycles. The van der Waals surface area contributed by atoms with Gasteiger partial charge >= 0.3 is 5.91 Å². The van der Waals surface area contributed by atoms with Crippen LogP contribution in [-0.2, 0) is 6.54 Å². The van der Waals surface area contributed by atoms with E-state index in [1.807, 2.05) is 30.5 Å². The average Bonchev–Trinajstić information content (AvgIpc) is 3.28. The molecule has 4 aromatic rings. The summed E-state index contributed by atoms with van der Waals surface area (Å²) in [4.78, 5) is 12.0. The van der Waals surface area contributed by atoms with E-state index in [2.05, 4.69) is 15.1 Å². The van der Waals surface area contributed by atoms with E-state index in [4.69, 9.17) is 4.42 Å². The molecule has 0 radical (unpaired) electrons. The SMILES string of the molecule is Cc1ccc(C(=O)N/N=C\c2cn(Cc3ccc(F)cc3)c3ccccc23)o1. The summed E-state index contributed by atoms with van der Waals surface area (Å²) < 4.78 is 20.5. The molecule has 0 aliphatic rings. The van der Waals surface area contributed by atoms with Crippen molar-refractivity contribution in [3.05, 3.63) is 95.3 Å². The Morgan fingerprint density at radius 2 is 1.93 bits per heavy atom. The number of carbonyl (C=O) groups excluding carboxylic acids is 1. The van der Waals surface area contributed by atoms with Crippen molar-refractivity contribution in [1.82, 2.24) is 9.99 Å². The zero-order valence-corrected chi connectivity index (χ0v) is 15.2. The van der Waals surface area contributed by atoms with E-state index in [0.29, 0.717) is 12.3 Å². The average molecular weight is 375 g/mol. The van der Waals surface area contributed by atoms with Crippen molar-refractivity contribution in [2.75, 3.05) is 0 Å². The lowest BCUT2D eigenvalue weighted by molar-refractivity contribution is 0.0926. The minimum atomic E-state index is -0.403. The van der Waals surface area contributed by atoms with Gasteiger partial charge in [-0.2, -0.15) is 5.10 Å². The van der Waals surface area contributed by atoms with Gasteiger partial charge in [0.2, 0.25) is 0 Å². The van der Waals surface area contributed by atoms with Crippen molar-refractivity contribution in [2.24, 2.45) is 5.10 Å². The molecular weight excluding hydrogens is 357 g/mol. The minimum absolute atomic E-state index is 0.216. The molecular formula is C22H18FN3O2. The summed E-state index contributed by atoms with van der Waals surface area (Å²) in [6, 6.07) is 17.7. The standard InChI is InChI=1S/C22H18FN3O2/c1-15-6-11-21(28-15)22(27)25-24-12-17-14-26(20-5-3-2-4-19(17)20)13-16-7-9-18(23)10-8-16/h2-12,14H,13H2,1H3,(H,25,27)/b24-12-. The van der Waals surface area contributed by atoms with Crippen molar-refractivity contribution in [2.45, 2.75) is 13.5 Å². The third-order valence-electron chi connectivity index (χ3n) is 4.42. The van der Waals surface area contributed by atoms with Gasteiger partial charge in [-0.05, 0) is 42.8 Å². The summed E-state index contributed by atoms with van der Waals surface area (Å²) in [6.45, 7) is 2.38. The first kappa shape index (κ1) is 17.7. The van der Waals surface area contributed by atoms with Crippen LogP contribution in [0.25, 0.3) is 10.9 Å². The maximum absolute atomic E-state index is 13.1. The first-order valence-electron chi connectivity index (χ1n) is 8.82. The Morgan fingerprint density at radius 3 is 2.68 bits per heavy atom. The highest BCUT2D eigenvalue weighted by Gasteiger charge is 2.10. The predicted octanol–water partition coefficient (Wildman–Crippen LogP) is 4.49. The van der Waals surface area contributed by atoms with Gasteiger partial charge in [-0.15, -0.1) is 0 Å².